The van der Waals surface area contributed by atoms with Crippen molar-refractivity contribution in [3.8, 4) is 11.1 Å². The number of halogens is 2. The Morgan fingerprint density at radius 2 is 1.43 bits per heavy atom. The number of thioether (sulfide) groups is 1. The zero-order valence-corrected chi connectivity index (χ0v) is 36.5. The Morgan fingerprint density at radius 3 is 2.06 bits per heavy atom. The molecule has 258 valence electrons. The van der Waals surface area contributed by atoms with Crippen LogP contribution in [-0.4, -0.2) is 12.1 Å². The molecule has 0 N–H and O–H groups in total. The van der Waals surface area contributed by atoms with Gasteiger partial charge in [0.2, 0.25) is 0 Å². The molecule has 2 aliphatic rings. The van der Waals surface area contributed by atoms with E-state index >= 15 is 0 Å². The van der Waals surface area contributed by atoms with Gasteiger partial charge in [0.25, 0.3) is 0 Å². The van der Waals surface area contributed by atoms with Crippen molar-refractivity contribution >= 4 is 70.6 Å². The van der Waals surface area contributed by atoms with Gasteiger partial charge in [-0.2, -0.15) is 23.3 Å². The Hall–Kier alpha value is -2.00. The van der Waals surface area contributed by atoms with Crippen LogP contribution in [0.4, 0.5) is 0 Å². The van der Waals surface area contributed by atoms with Gasteiger partial charge in [-0.05, 0) is 45.7 Å². The molecule has 0 amide bonds. The zero-order valence-electron chi connectivity index (χ0n) is 30.6. The minimum absolute atomic E-state index is 0. The second-order valence-corrected chi connectivity index (χ2v) is 14.8. The topological polar surface area (TPSA) is 0 Å². The van der Waals surface area contributed by atoms with Crippen molar-refractivity contribution in [3.05, 3.63) is 156 Å². The van der Waals surface area contributed by atoms with Gasteiger partial charge < -0.3 is 14.9 Å². The van der Waals surface area contributed by atoms with Crippen LogP contribution in [0.25, 0.3) is 38.2 Å². The van der Waals surface area contributed by atoms with Crippen molar-refractivity contribution in [2.24, 2.45) is 5.92 Å². The van der Waals surface area contributed by atoms with Crippen molar-refractivity contribution in [2.75, 3.05) is 0 Å². The molecule has 1 heterocycles. The number of hydrogen-bond acceptors (Lipinski definition) is 1. The number of benzene rings is 4. The first-order valence-electron chi connectivity index (χ1n) is 15.8. The van der Waals surface area contributed by atoms with Crippen LogP contribution in [0, 0.1) is 40.7 Å². The molecule has 0 spiro atoms. The fraction of sp³-hybridized carbons (Fsp3) is 0.250. The Labute approximate surface area is 330 Å². The molecule has 5 heteroatoms. The molecule has 1 aliphatic carbocycles. The number of aryl methyl sites for hydroxylation is 2. The summed E-state index contributed by atoms with van der Waals surface area (Å²) in [6.45, 7) is 21.0. The summed E-state index contributed by atoms with van der Waals surface area (Å²) in [7, 11) is 0. The maximum absolute atomic E-state index is 3.60. The van der Waals surface area contributed by atoms with Gasteiger partial charge in [-0.15, -0.1) is 75.5 Å². The predicted molar refractivity (Wildman–Crippen MR) is 224 cm³/mol. The van der Waals surface area contributed by atoms with E-state index in [1.54, 1.807) is 0 Å². The Kier molecular flexibility index (Phi) is 17.5. The van der Waals surface area contributed by atoms with Crippen LogP contribution in [0.3, 0.4) is 0 Å². The van der Waals surface area contributed by atoms with Crippen LogP contribution in [0.5, 0.6) is 0 Å². The van der Waals surface area contributed by atoms with Crippen LogP contribution < -0.4 is 0 Å². The summed E-state index contributed by atoms with van der Waals surface area (Å²) >= 11 is 3.30. The SMILES string of the molecule is CC(C)C1=CC2=C(c3ccc(C(C)(C)C)cc3)C(C)SC2=[C-]1.Cc1cc2c(-c3cccc4ccccc34)ccc(C)c2[cH-]1.Cl.Cl.[CH3-].[CH3-].[Si]=[Zr]. The molecule has 5 aromatic rings. The second kappa shape index (κ2) is 19.0. The summed E-state index contributed by atoms with van der Waals surface area (Å²) in [6, 6.07) is 33.4. The van der Waals surface area contributed by atoms with Gasteiger partial charge in [-0.3, -0.25) is 0 Å². The molecule has 1 unspecified atom stereocenters. The van der Waals surface area contributed by atoms with Crippen LogP contribution >= 0.6 is 36.6 Å². The fourth-order valence-electron chi connectivity index (χ4n) is 6.34. The Balaban J connectivity index is 0.000000433. The summed E-state index contributed by atoms with van der Waals surface area (Å²) in [5.41, 5.74) is 12.5. The van der Waals surface area contributed by atoms with Gasteiger partial charge in [-0.25, -0.2) is 6.08 Å². The van der Waals surface area contributed by atoms with E-state index in [9.17, 15) is 0 Å². The van der Waals surface area contributed by atoms with Crippen molar-refractivity contribution in [1.29, 1.82) is 0 Å². The molecule has 49 heavy (non-hydrogen) atoms. The third-order valence-electron chi connectivity index (χ3n) is 8.81. The van der Waals surface area contributed by atoms with Crippen LogP contribution in [0.1, 0.15) is 63.8 Å². The standard InChI is InChI=1S/C21H25S.C21H17.2CH3.2ClH.Si.Zr/c1-13(2)16-11-18-19(12-16)22-14(3)20(18)15-7-9-17(10-8-15)21(4,5)6;1-14-12-20-15(2)10-11-19(21(20)13-14)18-9-5-7-16-6-3-4-8-17(16)18;;;;;;/h7-11,13-14H,1-6H3;3-13H,1-2H3;2*1H3;2*1H;;/q4*-1;;;;. The van der Waals surface area contributed by atoms with Gasteiger partial charge in [0, 0.05) is 5.25 Å². The second-order valence-electron chi connectivity index (χ2n) is 13.4. The van der Waals surface area contributed by atoms with Crippen LogP contribution in [0.2, 0.25) is 0 Å². The van der Waals surface area contributed by atoms with Gasteiger partial charge in [0.15, 0.2) is 0 Å². The first-order chi connectivity index (χ1) is 21.5. The normalized spacial score (nSPS) is 14.5. The number of hydrogen-bond donors (Lipinski definition) is 0. The van der Waals surface area contributed by atoms with E-state index in [0.717, 1.165) is 0 Å². The predicted octanol–water partition coefficient (Wildman–Crippen LogP) is 13.5. The molecule has 1 aliphatic heterocycles. The molecule has 7 rings (SSSR count). The van der Waals surface area contributed by atoms with Gasteiger partial charge in [0.05, 0.1) is 0 Å². The molecule has 0 aromatic heterocycles. The number of rotatable bonds is 3. The van der Waals surface area contributed by atoms with E-state index in [4.69, 9.17) is 0 Å². The Bertz CT molecular complexity index is 1950. The monoisotopic (exact) mass is 798 g/mol. The zero-order chi connectivity index (χ0) is 32.5. The molecule has 0 saturated heterocycles. The number of fused-ring (bicyclic) bond motifs is 3. The average molecular weight is 801 g/mol. The molecule has 0 nitrogen and oxygen atoms in total. The van der Waals surface area contributed by atoms with Gasteiger partial charge in [-0.1, -0.05) is 132 Å². The first kappa shape index (κ1) is 45.0. The quantitative estimate of drug-likeness (QED) is 0.129. The third kappa shape index (κ3) is 9.66. The van der Waals surface area contributed by atoms with Gasteiger partial charge >= 0.3 is 30.2 Å². The molecule has 1 atom stereocenters. The third-order valence-corrected chi connectivity index (χ3v) is 9.95. The summed E-state index contributed by atoms with van der Waals surface area (Å²) in [5, 5.41) is 5.88. The summed E-state index contributed by atoms with van der Waals surface area (Å²) in [4.78, 5) is 1.34. The fourth-order valence-corrected chi connectivity index (χ4v) is 7.55. The minimum atomic E-state index is 0. The van der Waals surface area contributed by atoms with E-state index in [2.05, 4.69) is 165 Å². The summed E-state index contributed by atoms with van der Waals surface area (Å²) in [6.07, 6.45) is 5.95. The molecular formula is C44H50Cl2SSiZr-4. The van der Waals surface area contributed by atoms with E-state index in [1.165, 1.54) is 99.9 Å². The van der Waals surface area contributed by atoms with E-state index in [0.29, 0.717) is 11.2 Å². The van der Waals surface area contributed by atoms with E-state index < -0.39 is 0 Å². The van der Waals surface area contributed by atoms with Crippen LogP contribution in [0.15, 0.2) is 113 Å². The number of allylic oxidation sites excluding steroid dienone is 4. The molecule has 2 radical (unpaired) electrons. The van der Waals surface area contributed by atoms with E-state index in [-0.39, 0.29) is 45.1 Å². The van der Waals surface area contributed by atoms with Crippen molar-refractivity contribution in [3.63, 3.8) is 0 Å². The molecule has 0 fully saturated rings. The molecule has 0 bridgehead atoms. The van der Waals surface area contributed by atoms with Crippen molar-refractivity contribution in [2.45, 2.75) is 66.1 Å². The summed E-state index contributed by atoms with van der Waals surface area (Å²) < 4.78 is 0. The maximum atomic E-state index is 3.60. The molecule has 5 aromatic carbocycles. The van der Waals surface area contributed by atoms with Crippen molar-refractivity contribution in [1.82, 2.24) is 0 Å². The summed E-state index contributed by atoms with van der Waals surface area (Å²) in [5.74, 6) is 0.547. The van der Waals surface area contributed by atoms with Crippen molar-refractivity contribution < 1.29 is 23.3 Å². The first-order valence-corrected chi connectivity index (χ1v) is 20.9. The average Bonchev–Trinajstić information content (AvgIpc) is 3.70. The molecule has 0 saturated carbocycles. The van der Waals surface area contributed by atoms with E-state index in [1.807, 2.05) is 11.8 Å². The molecular weight excluding hydrogens is 751 g/mol. The van der Waals surface area contributed by atoms with Gasteiger partial charge in [0.1, 0.15) is 0 Å². The van der Waals surface area contributed by atoms with Crippen LogP contribution in [-0.2, 0) is 28.8 Å². The Morgan fingerprint density at radius 1 is 0.816 bits per heavy atom.